The largest absolute Gasteiger partial charge is 0.376 e. The molecule has 0 unspecified atom stereocenters. The van der Waals surface area contributed by atoms with Crippen molar-refractivity contribution in [2.24, 2.45) is 5.73 Å². The lowest BCUT2D eigenvalue weighted by Gasteiger charge is -2.23. The van der Waals surface area contributed by atoms with Crippen LogP contribution in [0.5, 0.6) is 0 Å². The van der Waals surface area contributed by atoms with Crippen LogP contribution < -0.4 is 16.4 Å². The summed E-state index contributed by atoms with van der Waals surface area (Å²) < 4.78 is 19.4. The van der Waals surface area contributed by atoms with Crippen molar-refractivity contribution in [2.75, 3.05) is 6.61 Å². The van der Waals surface area contributed by atoms with Gasteiger partial charge in [-0.05, 0) is 25.8 Å². The Bertz CT molecular complexity index is 561. The molecule has 2 rings (SSSR count). The van der Waals surface area contributed by atoms with E-state index in [1.165, 1.54) is 12.1 Å². The Morgan fingerprint density at radius 3 is 2.74 bits per heavy atom. The third-order valence-electron chi connectivity index (χ3n) is 3.90. The summed E-state index contributed by atoms with van der Waals surface area (Å²) in [6, 6.07) is 4.22. The number of nitrogens with two attached hydrogens (primary N) is 1. The Morgan fingerprint density at radius 2 is 2.13 bits per heavy atom. The van der Waals surface area contributed by atoms with E-state index in [-0.39, 0.29) is 30.0 Å². The fraction of sp³-hybridized carbons (Fsp3) is 0.500. The number of carbonyl (C=O) groups excluding carboxylic acids is 2. The minimum absolute atomic E-state index is 0.00467. The third kappa shape index (κ3) is 4.92. The van der Waals surface area contributed by atoms with Gasteiger partial charge in [0.25, 0.3) is 0 Å². The van der Waals surface area contributed by atoms with Gasteiger partial charge >= 0.3 is 6.03 Å². The van der Waals surface area contributed by atoms with E-state index in [1.54, 1.807) is 12.1 Å². The van der Waals surface area contributed by atoms with Gasteiger partial charge in [0, 0.05) is 12.2 Å². The quantitative estimate of drug-likeness (QED) is 0.742. The van der Waals surface area contributed by atoms with E-state index in [4.69, 9.17) is 10.5 Å². The van der Waals surface area contributed by atoms with Gasteiger partial charge in [-0.15, -0.1) is 0 Å². The van der Waals surface area contributed by atoms with Crippen LogP contribution in [0.25, 0.3) is 0 Å². The van der Waals surface area contributed by atoms with E-state index in [1.807, 2.05) is 6.92 Å². The van der Waals surface area contributed by atoms with Crippen LogP contribution in [0.3, 0.4) is 0 Å². The van der Waals surface area contributed by atoms with Gasteiger partial charge in [0.1, 0.15) is 5.82 Å². The van der Waals surface area contributed by atoms with Crippen molar-refractivity contribution in [1.29, 1.82) is 0 Å². The Hall–Kier alpha value is -2.15. The summed E-state index contributed by atoms with van der Waals surface area (Å²) in [5.41, 5.74) is 5.36. The summed E-state index contributed by atoms with van der Waals surface area (Å²) in [6.45, 7) is 2.57. The number of rotatable bonds is 6. The average molecular weight is 323 g/mol. The molecule has 23 heavy (non-hydrogen) atoms. The summed E-state index contributed by atoms with van der Waals surface area (Å²) in [7, 11) is 0. The first-order chi connectivity index (χ1) is 11.0. The summed E-state index contributed by atoms with van der Waals surface area (Å²) in [4.78, 5) is 23.3. The van der Waals surface area contributed by atoms with Crippen molar-refractivity contribution in [2.45, 2.75) is 44.4 Å². The van der Waals surface area contributed by atoms with E-state index in [0.29, 0.717) is 6.61 Å². The monoisotopic (exact) mass is 323 g/mol. The van der Waals surface area contributed by atoms with Gasteiger partial charge in [0.05, 0.1) is 24.6 Å². The van der Waals surface area contributed by atoms with Gasteiger partial charge < -0.3 is 21.1 Å². The Labute approximate surface area is 134 Å². The SMILES string of the molecule is C[C@H](NC(=O)C[C@H](NC(N)=O)c1ccccc1F)[C@@H]1CCCO1. The number of primary amides is 1. The lowest BCUT2D eigenvalue weighted by atomic mass is 10.0. The number of ether oxygens (including phenoxy) is 1. The minimum atomic E-state index is -0.814. The average Bonchev–Trinajstić information content (AvgIpc) is 3.00. The molecule has 4 N–H and O–H groups in total. The molecular formula is C16H22FN3O3. The maximum Gasteiger partial charge on any atom is 0.312 e. The van der Waals surface area contributed by atoms with Crippen molar-refractivity contribution in [3.63, 3.8) is 0 Å². The zero-order valence-corrected chi connectivity index (χ0v) is 13.0. The molecule has 0 aromatic heterocycles. The number of benzene rings is 1. The molecule has 0 spiro atoms. The molecule has 1 saturated heterocycles. The number of carbonyl (C=O) groups is 2. The highest BCUT2D eigenvalue weighted by Gasteiger charge is 2.26. The molecule has 3 amide bonds. The molecule has 6 nitrogen and oxygen atoms in total. The smallest absolute Gasteiger partial charge is 0.312 e. The molecule has 0 saturated carbocycles. The van der Waals surface area contributed by atoms with Gasteiger partial charge in [0.2, 0.25) is 5.91 Å². The maximum atomic E-state index is 13.9. The standard InChI is InChI=1S/C16H22FN3O3/c1-10(14-7-4-8-23-14)19-15(21)9-13(20-16(18)22)11-5-2-3-6-12(11)17/h2-3,5-6,10,13-14H,4,7-9H2,1H3,(H,19,21)(H3,18,20,22)/t10-,13-,14-/m0/s1. The van der Waals surface area contributed by atoms with Gasteiger partial charge in [0.15, 0.2) is 0 Å². The topological polar surface area (TPSA) is 93.5 Å². The number of hydrogen-bond acceptors (Lipinski definition) is 3. The van der Waals surface area contributed by atoms with E-state index in [0.717, 1.165) is 12.8 Å². The second-order valence-electron chi connectivity index (χ2n) is 5.69. The molecule has 1 aliphatic rings. The molecule has 1 fully saturated rings. The molecule has 1 aliphatic heterocycles. The number of halogens is 1. The Balaban J connectivity index is 2.01. The first kappa shape index (κ1) is 17.2. The lowest BCUT2D eigenvalue weighted by molar-refractivity contribution is -0.123. The molecule has 1 aromatic carbocycles. The Kier molecular flexibility index (Phi) is 5.92. The second-order valence-corrected chi connectivity index (χ2v) is 5.69. The van der Waals surface area contributed by atoms with Crippen LogP contribution in [0.4, 0.5) is 9.18 Å². The zero-order valence-electron chi connectivity index (χ0n) is 13.0. The molecule has 1 heterocycles. The highest BCUT2D eigenvalue weighted by Crippen LogP contribution is 2.21. The predicted octanol–water partition coefficient (Wildman–Crippen LogP) is 1.61. The zero-order chi connectivity index (χ0) is 16.8. The molecule has 0 aliphatic carbocycles. The van der Waals surface area contributed by atoms with Gasteiger partial charge in [-0.1, -0.05) is 18.2 Å². The van der Waals surface area contributed by atoms with Crippen LogP contribution in [0.1, 0.15) is 37.8 Å². The summed E-state index contributed by atoms with van der Waals surface area (Å²) >= 11 is 0. The number of amides is 3. The summed E-state index contributed by atoms with van der Waals surface area (Å²) in [5.74, 6) is -0.791. The van der Waals surface area contributed by atoms with Crippen LogP contribution in [0.15, 0.2) is 24.3 Å². The van der Waals surface area contributed by atoms with Gasteiger partial charge in [-0.25, -0.2) is 9.18 Å². The molecule has 7 heteroatoms. The van der Waals surface area contributed by atoms with Crippen LogP contribution in [0.2, 0.25) is 0 Å². The molecular weight excluding hydrogens is 301 g/mol. The van der Waals surface area contributed by atoms with Crippen LogP contribution in [-0.4, -0.2) is 30.7 Å². The minimum Gasteiger partial charge on any atom is -0.376 e. The van der Waals surface area contributed by atoms with Gasteiger partial charge in [-0.3, -0.25) is 4.79 Å². The van der Waals surface area contributed by atoms with E-state index >= 15 is 0 Å². The van der Waals surface area contributed by atoms with Crippen LogP contribution in [-0.2, 0) is 9.53 Å². The van der Waals surface area contributed by atoms with Crippen LogP contribution in [0, 0.1) is 5.82 Å². The molecule has 1 aromatic rings. The predicted molar refractivity (Wildman–Crippen MR) is 83.1 cm³/mol. The Morgan fingerprint density at radius 1 is 1.39 bits per heavy atom. The highest BCUT2D eigenvalue weighted by atomic mass is 19.1. The van der Waals surface area contributed by atoms with E-state index in [2.05, 4.69) is 10.6 Å². The van der Waals surface area contributed by atoms with Crippen molar-refractivity contribution in [1.82, 2.24) is 10.6 Å². The third-order valence-corrected chi connectivity index (χ3v) is 3.90. The first-order valence-electron chi connectivity index (χ1n) is 7.68. The molecule has 0 bridgehead atoms. The lowest BCUT2D eigenvalue weighted by Crippen LogP contribution is -2.43. The van der Waals surface area contributed by atoms with Crippen molar-refractivity contribution in [3.05, 3.63) is 35.6 Å². The molecule has 126 valence electrons. The van der Waals surface area contributed by atoms with Crippen molar-refractivity contribution < 1.29 is 18.7 Å². The summed E-state index contributed by atoms with van der Waals surface area (Å²) in [5, 5.41) is 5.25. The first-order valence-corrected chi connectivity index (χ1v) is 7.68. The summed E-state index contributed by atoms with van der Waals surface area (Å²) in [6.07, 6.45) is 1.78. The number of hydrogen-bond donors (Lipinski definition) is 3. The van der Waals surface area contributed by atoms with Crippen molar-refractivity contribution >= 4 is 11.9 Å². The van der Waals surface area contributed by atoms with E-state index in [9.17, 15) is 14.0 Å². The number of urea groups is 1. The second kappa shape index (κ2) is 7.92. The normalized spacial score (nSPS) is 19.8. The van der Waals surface area contributed by atoms with E-state index < -0.39 is 17.9 Å². The van der Waals surface area contributed by atoms with Crippen LogP contribution >= 0.6 is 0 Å². The fourth-order valence-corrected chi connectivity index (χ4v) is 2.76. The highest BCUT2D eigenvalue weighted by molar-refractivity contribution is 5.79. The fourth-order valence-electron chi connectivity index (χ4n) is 2.76. The van der Waals surface area contributed by atoms with Crippen molar-refractivity contribution in [3.8, 4) is 0 Å². The van der Waals surface area contributed by atoms with Gasteiger partial charge in [-0.2, -0.15) is 0 Å². The molecule has 3 atom stereocenters. The number of nitrogens with one attached hydrogen (secondary N) is 2. The maximum absolute atomic E-state index is 13.9. The molecule has 0 radical (unpaired) electrons.